The van der Waals surface area contributed by atoms with E-state index in [2.05, 4.69) is 16.6 Å². The maximum Gasteiger partial charge on any atom is 0.244 e. The number of nitrogens with one attached hydrogen (secondary N) is 2. The van der Waals surface area contributed by atoms with Crippen LogP contribution in [0.25, 0.3) is 0 Å². The summed E-state index contributed by atoms with van der Waals surface area (Å²) in [7, 11) is -4.12. The lowest BCUT2D eigenvalue weighted by atomic mass is 10.1. The Kier molecular flexibility index (Phi) is 6.04. The minimum atomic E-state index is -4.12. The Labute approximate surface area is 124 Å². The molecule has 1 amide bonds. The number of rotatable bonds is 7. The van der Waals surface area contributed by atoms with Gasteiger partial charge in [-0.05, 0) is 18.1 Å². The van der Waals surface area contributed by atoms with Crippen LogP contribution in [0.3, 0.4) is 0 Å². The van der Waals surface area contributed by atoms with Crippen LogP contribution < -0.4 is 10.0 Å². The van der Waals surface area contributed by atoms with Crippen LogP contribution in [-0.2, 0) is 14.8 Å². The SMILES string of the molecule is C=CCNC(=O)[C@@H](NS(=O)(=O)c1ccccc1F)C(C)C. The van der Waals surface area contributed by atoms with E-state index in [1.807, 2.05) is 0 Å². The molecule has 1 rings (SSSR count). The molecule has 0 fully saturated rings. The molecular formula is C14H19FN2O3S. The monoisotopic (exact) mass is 314 g/mol. The standard InChI is InChI=1S/C14H19FN2O3S/c1-4-9-16-14(18)13(10(2)3)17-21(19,20)12-8-6-5-7-11(12)15/h4-8,10,13,17H,1,9H2,2-3H3,(H,16,18)/t13-/m0/s1. The van der Waals surface area contributed by atoms with Crippen LogP contribution in [0.15, 0.2) is 41.8 Å². The highest BCUT2D eigenvalue weighted by molar-refractivity contribution is 7.89. The molecule has 0 saturated carbocycles. The Bertz CT molecular complexity index is 614. The minimum Gasteiger partial charge on any atom is -0.351 e. The largest absolute Gasteiger partial charge is 0.351 e. The van der Waals surface area contributed by atoms with E-state index < -0.39 is 32.7 Å². The average molecular weight is 314 g/mol. The number of hydrogen-bond donors (Lipinski definition) is 2. The van der Waals surface area contributed by atoms with E-state index in [1.54, 1.807) is 13.8 Å². The zero-order valence-electron chi connectivity index (χ0n) is 12.0. The van der Waals surface area contributed by atoms with Gasteiger partial charge in [-0.1, -0.05) is 32.1 Å². The summed E-state index contributed by atoms with van der Waals surface area (Å²) in [6.07, 6.45) is 1.49. The first-order valence-corrected chi connectivity index (χ1v) is 7.93. The molecule has 2 N–H and O–H groups in total. The lowest BCUT2D eigenvalue weighted by molar-refractivity contribution is -0.123. The molecule has 0 aliphatic carbocycles. The molecule has 0 unspecified atom stereocenters. The minimum absolute atomic E-state index is 0.226. The van der Waals surface area contributed by atoms with Gasteiger partial charge < -0.3 is 5.32 Å². The average Bonchev–Trinajstić information content (AvgIpc) is 2.42. The fraction of sp³-hybridized carbons (Fsp3) is 0.357. The summed E-state index contributed by atoms with van der Waals surface area (Å²) in [5.74, 6) is -1.64. The highest BCUT2D eigenvalue weighted by Gasteiger charge is 2.29. The second-order valence-electron chi connectivity index (χ2n) is 4.81. The van der Waals surface area contributed by atoms with E-state index >= 15 is 0 Å². The molecule has 1 atom stereocenters. The third-order valence-electron chi connectivity index (χ3n) is 2.78. The molecule has 1 aromatic carbocycles. The zero-order valence-corrected chi connectivity index (χ0v) is 12.8. The molecule has 1 aromatic rings. The first-order chi connectivity index (χ1) is 9.79. The summed E-state index contributed by atoms with van der Waals surface area (Å²) in [4.78, 5) is 11.5. The highest BCUT2D eigenvalue weighted by atomic mass is 32.2. The molecule has 0 saturated heterocycles. The van der Waals surface area contributed by atoms with E-state index in [0.717, 1.165) is 12.1 Å². The summed E-state index contributed by atoms with van der Waals surface area (Å²) in [5.41, 5.74) is 0. The fourth-order valence-electron chi connectivity index (χ4n) is 1.67. The Morgan fingerprint density at radius 1 is 1.38 bits per heavy atom. The molecule has 21 heavy (non-hydrogen) atoms. The Hall–Kier alpha value is -1.73. The van der Waals surface area contributed by atoms with E-state index in [-0.39, 0.29) is 12.5 Å². The molecular weight excluding hydrogens is 295 g/mol. The Balaban J connectivity index is 3.01. The topological polar surface area (TPSA) is 75.3 Å². The quantitative estimate of drug-likeness (QED) is 0.748. The normalized spacial score (nSPS) is 13.0. The number of amides is 1. The lowest BCUT2D eigenvalue weighted by Crippen LogP contribution is -2.49. The molecule has 0 bridgehead atoms. The van der Waals surface area contributed by atoms with Crippen LogP contribution in [0, 0.1) is 11.7 Å². The first kappa shape index (κ1) is 17.3. The van der Waals surface area contributed by atoms with Gasteiger partial charge in [0.25, 0.3) is 0 Å². The third kappa shape index (κ3) is 4.64. The summed E-state index contributed by atoms with van der Waals surface area (Å²) in [5, 5.41) is 2.52. The zero-order chi connectivity index (χ0) is 16.0. The highest BCUT2D eigenvalue weighted by Crippen LogP contribution is 2.15. The van der Waals surface area contributed by atoms with Crippen molar-refractivity contribution >= 4 is 15.9 Å². The molecule has 0 radical (unpaired) electrons. The molecule has 0 aromatic heterocycles. The molecule has 0 heterocycles. The van der Waals surface area contributed by atoms with Gasteiger partial charge in [0.1, 0.15) is 16.8 Å². The maximum absolute atomic E-state index is 13.6. The molecule has 0 aliphatic heterocycles. The predicted molar refractivity (Wildman–Crippen MR) is 78.6 cm³/mol. The van der Waals surface area contributed by atoms with Crippen molar-refractivity contribution < 1.29 is 17.6 Å². The van der Waals surface area contributed by atoms with Gasteiger partial charge in [-0.3, -0.25) is 4.79 Å². The van der Waals surface area contributed by atoms with E-state index in [1.165, 1.54) is 18.2 Å². The van der Waals surface area contributed by atoms with E-state index in [0.29, 0.717) is 0 Å². The first-order valence-electron chi connectivity index (χ1n) is 6.45. The van der Waals surface area contributed by atoms with Gasteiger partial charge >= 0.3 is 0 Å². The third-order valence-corrected chi connectivity index (χ3v) is 4.25. The number of halogens is 1. The van der Waals surface area contributed by atoms with Gasteiger partial charge in [0.05, 0.1) is 0 Å². The van der Waals surface area contributed by atoms with Crippen molar-refractivity contribution in [2.24, 2.45) is 5.92 Å². The second-order valence-corrected chi connectivity index (χ2v) is 6.49. The van der Waals surface area contributed by atoms with Crippen LogP contribution in [0.1, 0.15) is 13.8 Å². The second kappa shape index (κ2) is 7.33. The number of carbonyl (C=O) groups excluding carboxylic acids is 1. The predicted octanol–water partition coefficient (Wildman–Crippen LogP) is 1.43. The van der Waals surface area contributed by atoms with Crippen molar-refractivity contribution in [3.05, 3.63) is 42.7 Å². The number of hydrogen-bond acceptors (Lipinski definition) is 3. The number of carbonyl (C=O) groups is 1. The van der Waals surface area contributed by atoms with Crippen molar-refractivity contribution in [3.8, 4) is 0 Å². The Morgan fingerprint density at radius 2 is 2.00 bits per heavy atom. The van der Waals surface area contributed by atoms with E-state index in [4.69, 9.17) is 0 Å². The number of benzene rings is 1. The fourth-order valence-corrected chi connectivity index (χ4v) is 3.09. The van der Waals surface area contributed by atoms with Gasteiger partial charge in [0.15, 0.2) is 0 Å². The summed E-state index contributed by atoms with van der Waals surface area (Å²) in [6.45, 7) is 7.09. The van der Waals surface area contributed by atoms with Crippen molar-refractivity contribution in [2.75, 3.05) is 6.54 Å². The van der Waals surface area contributed by atoms with Gasteiger partial charge in [0, 0.05) is 6.54 Å². The van der Waals surface area contributed by atoms with Gasteiger partial charge in [-0.25, -0.2) is 12.8 Å². The van der Waals surface area contributed by atoms with Crippen LogP contribution in [0.2, 0.25) is 0 Å². The Morgan fingerprint density at radius 3 is 2.52 bits per heavy atom. The maximum atomic E-state index is 13.6. The van der Waals surface area contributed by atoms with Gasteiger partial charge in [0.2, 0.25) is 15.9 Å². The van der Waals surface area contributed by atoms with Crippen LogP contribution in [0.5, 0.6) is 0 Å². The van der Waals surface area contributed by atoms with Crippen LogP contribution in [-0.4, -0.2) is 26.9 Å². The van der Waals surface area contributed by atoms with Gasteiger partial charge in [-0.2, -0.15) is 4.72 Å². The van der Waals surface area contributed by atoms with Crippen molar-refractivity contribution in [1.29, 1.82) is 0 Å². The molecule has 7 heteroatoms. The van der Waals surface area contributed by atoms with Crippen molar-refractivity contribution in [3.63, 3.8) is 0 Å². The molecule has 116 valence electrons. The summed E-state index contributed by atoms with van der Waals surface area (Å²) < 4.78 is 40.2. The summed E-state index contributed by atoms with van der Waals surface area (Å²) in [6, 6.07) is 4.02. The lowest BCUT2D eigenvalue weighted by Gasteiger charge is -2.21. The molecule has 5 nitrogen and oxygen atoms in total. The van der Waals surface area contributed by atoms with Gasteiger partial charge in [-0.15, -0.1) is 6.58 Å². The van der Waals surface area contributed by atoms with Crippen LogP contribution >= 0.6 is 0 Å². The number of sulfonamides is 1. The van der Waals surface area contributed by atoms with Crippen molar-refractivity contribution in [2.45, 2.75) is 24.8 Å². The summed E-state index contributed by atoms with van der Waals surface area (Å²) >= 11 is 0. The molecule has 0 spiro atoms. The smallest absolute Gasteiger partial charge is 0.244 e. The van der Waals surface area contributed by atoms with Crippen molar-refractivity contribution in [1.82, 2.24) is 10.0 Å². The van der Waals surface area contributed by atoms with E-state index in [9.17, 15) is 17.6 Å². The molecule has 0 aliphatic rings. The van der Waals surface area contributed by atoms with Crippen LogP contribution in [0.4, 0.5) is 4.39 Å².